The molecule has 1 aliphatic carbocycles. The lowest BCUT2D eigenvalue weighted by Gasteiger charge is -2.40. The van der Waals surface area contributed by atoms with E-state index in [9.17, 15) is 20.4 Å². The van der Waals surface area contributed by atoms with Gasteiger partial charge in [-0.2, -0.15) is 0 Å². The number of aliphatic hydroxyl groups excluding tert-OH is 4. The van der Waals surface area contributed by atoms with Crippen LogP contribution in [0.5, 0.6) is 0 Å². The van der Waals surface area contributed by atoms with Gasteiger partial charge in [0.05, 0.1) is 6.61 Å². The van der Waals surface area contributed by atoms with Crippen LogP contribution in [0.1, 0.15) is 66.4 Å². The number of benzene rings is 2. The van der Waals surface area contributed by atoms with Gasteiger partial charge in [0.1, 0.15) is 30.5 Å². The molecule has 4 N–H and O–H groups in total. The molecule has 2 fully saturated rings. The molecule has 0 radical (unpaired) electrons. The van der Waals surface area contributed by atoms with Crippen molar-refractivity contribution in [1.82, 2.24) is 0 Å². The van der Waals surface area contributed by atoms with Crippen molar-refractivity contribution in [2.45, 2.75) is 75.0 Å². The first kappa shape index (κ1) is 22.7. The first-order chi connectivity index (χ1) is 15.0. The van der Waals surface area contributed by atoms with Gasteiger partial charge in [-0.25, -0.2) is 0 Å². The zero-order chi connectivity index (χ0) is 22.0. The lowest BCUT2D eigenvalue weighted by atomic mass is 9.84. The van der Waals surface area contributed by atoms with Crippen LogP contribution in [0.25, 0.3) is 0 Å². The summed E-state index contributed by atoms with van der Waals surface area (Å²) in [7, 11) is 0. The Bertz CT molecular complexity index is 863. The van der Waals surface area contributed by atoms with Gasteiger partial charge in [0, 0.05) is 5.02 Å². The van der Waals surface area contributed by atoms with E-state index in [1.807, 2.05) is 6.07 Å². The van der Waals surface area contributed by atoms with E-state index in [2.05, 4.69) is 24.3 Å². The molecule has 4 rings (SSSR count). The Morgan fingerprint density at radius 1 is 0.839 bits per heavy atom. The van der Waals surface area contributed by atoms with Gasteiger partial charge in [0.25, 0.3) is 0 Å². The monoisotopic (exact) mass is 446 g/mol. The first-order valence-corrected chi connectivity index (χ1v) is 11.5. The van der Waals surface area contributed by atoms with Crippen LogP contribution in [0.15, 0.2) is 42.5 Å². The molecule has 168 valence electrons. The van der Waals surface area contributed by atoms with Crippen LogP contribution < -0.4 is 0 Å². The topological polar surface area (TPSA) is 90.2 Å². The molecule has 5 nitrogen and oxygen atoms in total. The molecule has 0 amide bonds. The normalized spacial score (nSPS) is 29.8. The molecule has 2 aromatic carbocycles. The molecule has 1 heterocycles. The minimum Gasteiger partial charge on any atom is -0.394 e. The molecule has 1 aliphatic heterocycles. The van der Waals surface area contributed by atoms with Gasteiger partial charge in [-0.1, -0.05) is 67.3 Å². The minimum atomic E-state index is -1.40. The van der Waals surface area contributed by atoms with Crippen LogP contribution in [-0.2, 0) is 11.2 Å². The highest BCUT2D eigenvalue weighted by atomic mass is 35.5. The maximum absolute atomic E-state index is 10.4. The van der Waals surface area contributed by atoms with E-state index in [0.29, 0.717) is 22.9 Å². The van der Waals surface area contributed by atoms with E-state index in [1.165, 1.54) is 37.7 Å². The fraction of sp³-hybridized carbons (Fsp3) is 0.520. The summed E-state index contributed by atoms with van der Waals surface area (Å²) < 4.78 is 5.69. The molecule has 0 aromatic heterocycles. The molecular weight excluding hydrogens is 416 g/mol. The van der Waals surface area contributed by atoms with Crippen LogP contribution in [0.3, 0.4) is 0 Å². The number of rotatable bonds is 5. The van der Waals surface area contributed by atoms with Crippen molar-refractivity contribution in [3.8, 4) is 0 Å². The quantitative estimate of drug-likeness (QED) is 0.564. The first-order valence-electron chi connectivity index (χ1n) is 11.2. The van der Waals surface area contributed by atoms with Gasteiger partial charge >= 0.3 is 0 Å². The summed E-state index contributed by atoms with van der Waals surface area (Å²) in [6.45, 7) is -0.449. The van der Waals surface area contributed by atoms with Gasteiger partial charge in [-0.05, 0) is 53.5 Å². The molecule has 0 bridgehead atoms. The molecule has 1 saturated carbocycles. The Labute approximate surface area is 188 Å². The van der Waals surface area contributed by atoms with Crippen LogP contribution in [0, 0.1) is 0 Å². The average molecular weight is 447 g/mol. The van der Waals surface area contributed by atoms with Crippen LogP contribution in [-0.4, -0.2) is 51.4 Å². The maximum atomic E-state index is 10.4. The number of hydrogen-bond donors (Lipinski definition) is 4. The second-order valence-electron chi connectivity index (χ2n) is 8.85. The molecule has 2 aliphatic rings. The molecule has 6 heteroatoms. The highest BCUT2D eigenvalue weighted by Crippen LogP contribution is 2.35. The van der Waals surface area contributed by atoms with Crippen LogP contribution in [0.4, 0.5) is 0 Å². The van der Waals surface area contributed by atoms with E-state index in [0.717, 1.165) is 11.1 Å². The number of halogens is 1. The van der Waals surface area contributed by atoms with E-state index in [1.54, 1.807) is 12.1 Å². The Hall–Kier alpha value is -1.47. The minimum absolute atomic E-state index is 0.449. The van der Waals surface area contributed by atoms with Crippen molar-refractivity contribution in [2.24, 2.45) is 0 Å². The van der Waals surface area contributed by atoms with Gasteiger partial charge in [-0.15, -0.1) is 0 Å². The van der Waals surface area contributed by atoms with Gasteiger partial charge < -0.3 is 25.2 Å². The van der Waals surface area contributed by atoms with E-state index >= 15 is 0 Å². The van der Waals surface area contributed by atoms with Gasteiger partial charge in [0.15, 0.2) is 0 Å². The van der Waals surface area contributed by atoms with Crippen molar-refractivity contribution in [3.05, 3.63) is 69.7 Å². The Morgan fingerprint density at radius 2 is 1.52 bits per heavy atom. The third kappa shape index (κ3) is 4.98. The van der Waals surface area contributed by atoms with Crippen molar-refractivity contribution in [3.63, 3.8) is 0 Å². The van der Waals surface area contributed by atoms with E-state index in [4.69, 9.17) is 16.3 Å². The van der Waals surface area contributed by atoms with E-state index in [-0.39, 0.29) is 0 Å². The second kappa shape index (κ2) is 9.99. The summed E-state index contributed by atoms with van der Waals surface area (Å²) in [5.41, 5.74) is 4.09. The van der Waals surface area contributed by atoms with Crippen molar-refractivity contribution in [2.75, 3.05) is 6.61 Å². The summed E-state index contributed by atoms with van der Waals surface area (Å²) in [4.78, 5) is 0. The molecule has 0 spiro atoms. The average Bonchev–Trinajstić information content (AvgIpc) is 2.80. The predicted molar refractivity (Wildman–Crippen MR) is 119 cm³/mol. The van der Waals surface area contributed by atoms with Crippen molar-refractivity contribution in [1.29, 1.82) is 0 Å². The largest absolute Gasteiger partial charge is 0.394 e. The Kier molecular flexibility index (Phi) is 7.32. The zero-order valence-electron chi connectivity index (χ0n) is 17.5. The van der Waals surface area contributed by atoms with Crippen molar-refractivity contribution >= 4 is 11.6 Å². The standard InChI is InChI=1S/C25H31ClO5/c26-20-11-10-18(25-24(30)23(29)22(28)21(14-27)31-25)13-19(20)12-15-6-8-17(9-7-15)16-4-2-1-3-5-16/h6-11,13,16,21-25,27-30H,1-5,12,14H2/t21-,22-,23+,24-,25-/m1/s1. The summed E-state index contributed by atoms with van der Waals surface area (Å²) in [5, 5.41) is 40.6. The maximum Gasteiger partial charge on any atom is 0.113 e. The molecule has 31 heavy (non-hydrogen) atoms. The number of ether oxygens (including phenoxy) is 1. The van der Waals surface area contributed by atoms with E-state index < -0.39 is 37.1 Å². The van der Waals surface area contributed by atoms with Gasteiger partial charge in [0.2, 0.25) is 0 Å². The third-order valence-electron chi connectivity index (χ3n) is 6.74. The van der Waals surface area contributed by atoms with Crippen LogP contribution in [0.2, 0.25) is 5.02 Å². The third-order valence-corrected chi connectivity index (χ3v) is 7.11. The SMILES string of the molecule is OC[C@H]1O[C@H](c2ccc(Cl)c(Cc3ccc(C4CCCCC4)cc3)c2)[C@H](O)[C@@H](O)[C@@H]1O. The summed E-state index contributed by atoms with van der Waals surface area (Å²) in [5.74, 6) is 0.668. The molecule has 0 unspecified atom stereocenters. The number of aliphatic hydroxyl groups is 4. The molecule has 2 aromatic rings. The lowest BCUT2D eigenvalue weighted by molar-refractivity contribution is -0.231. The smallest absolute Gasteiger partial charge is 0.113 e. The highest BCUT2D eigenvalue weighted by molar-refractivity contribution is 6.31. The fourth-order valence-electron chi connectivity index (χ4n) is 4.85. The number of hydrogen-bond acceptors (Lipinski definition) is 5. The second-order valence-corrected chi connectivity index (χ2v) is 9.26. The predicted octanol–water partition coefficient (Wildman–Crippen LogP) is 3.49. The molecular formula is C25H31ClO5. The van der Waals surface area contributed by atoms with Gasteiger partial charge in [-0.3, -0.25) is 0 Å². The van der Waals surface area contributed by atoms with Crippen molar-refractivity contribution < 1.29 is 25.2 Å². The Balaban J connectivity index is 1.51. The Morgan fingerprint density at radius 3 is 2.19 bits per heavy atom. The summed E-state index contributed by atoms with van der Waals surface area (Å²) >= 11 is 6.45. The zero-order valence-corrected chi connectivity index (χ0v) is 18.3. The fourth-order valence-corrected chi connectivity index (χ4v) is 5.03. The summed E-state index contributed by atoms with van der Waals surface area (Å²) in [6.07, 6.45) is 1.27. The summed E-state index contributed by atoms with van der Waals surface area (Å²) in [6, 6.07) is 14.1. The molecule has 1 saturated heterocycles. The lowest BCUT2D eigenvalue weighted by Crippen LogP contribution is -2.55. The van der Waals surface area contributed by atoms with Crippen LogP contribution >= 0.6 is 11.6 Å². The highest BCUT2D eigenvalue weighted by Gasteiger charge is 2.44. The molecule has 5 atom stereocenters.